The molecule has 2 saturated carbocycles. The monoisotopic (exact) mass is 721 g/mol. The Bertz CT molecular complexity index is 2010. The van der Waals surface area contributed by atoms with E-state index in [4.69, 9.17) is 23.6 Å². The van der Waals surface area contributed by atoms with Crippen molar-refractivity contribution in [3.63, 3.8) is 0 Å². The van der Waals surface area contributed by atoms with E-state index in [9.17, 15) is 22.8 Å². The molecule has 5 atom stereocenters. The Labute approximate surface area is 296 Å². The highest BCUT2D eigenvalue weighted by Gasteiger charge is 2.62. The molecule has 0 radical (unpaired) electrons. The lowest BCUT2D eigenvalue weighted by Gasteiger charge is -2.28. The summed E-state index contributed by atoms with van der Waals surface area (Å²) in [5.74, 6) is -0.501. The van der Waals surface area contributed by atoms with Crippen LogP contribution in [0.1, 0.15) is 63.3 Å². The third-order valence-electron chi connectivity index (χ3n) is 10.2. The molecule has 15 heteroatoms. The minimum Gasteiger partial charge on any atom is -0.496 e. The number of methoxy groups -OCH3 is 1. The molecule has 3 amide bonds. The fraction of sp³-hybridized carbons (Fsp3) is 0.528. The number of oxazole rings is 1. The standard InChI is InChI=1S/C36H43N5O9S/c1-20-30(47-4)13-12-26-31(16-27(38-32(20)26)28-19-49-22(3)37-28)50-24-15-29-33(42)39-36(35(44)40-51(45,46)25-10-11-25)17-23(36)9-7-5-6-8-14-48-21(2)34(43)41(29)18-24/h7,9,12-13,16,19,21,23-25,29H,5-6,8,10-11,14-15,17-18H2,1-4H3,(H,39,42)(H,40,44). The van der Waals surface area contributed by atoms with E-state index in [2.05, 4.69) is 15.0 Å². The molecule has 2 N–H and O–H groups in total. The molecule has 2 aliphatic carbocycles. The largest absolute Gasteiger partial charge is 0.496 e. The minimum absolute atomic E-state index is 0.0700. The molecule has 7 rings (SSSR count). The summed E-state index contributed by atoms with van der Waals surface area (Å²) in [4.78, 5) is 52.5. The first-order valence-corrected chi connectivity index (χ1v) is 19.0. The number of carbonyl (C=O) groups excluding carboxylic acids is 3. The van der Waals surface area contributed by atoms with Gasteiger partial charge in [-0.3, -0.25) is 19.1 Å². The van der Waals surface area contributed by atoms with Gasteiger partial charge in [-0.2, -0.15) is 0 Å². The van der Waals surface area contributed by atoms with Gasteiger partial charge in [0, 0.05) is 42.9 Å². The van der Waals surface area contributed by atoms with Gasteiger partial charge in [0.05, 0.1) is 30.1 Å². The molecule has 2 aliphatic heterocycles. The summed E-state index contributed by atoms with van der Waals surface area (Å²) < 4.78 is 51.3. The average molecular weight is 722 g/mol. The van der Waals surface area contributed by atoms with Gasteiger partial charge >= 0.3 is 0 Å². The Kier molecular flexibility index (Phi) is 9.29. The van der Waals surface area contributed by atoms with Crippen molar-refractivity contribution in [1.82, 2.24) is 24.9 Å². The topological polar surface area (TPSA) is 179 Å². The van der Waals surface area contributed by atoms with E-state index in [1.165, 1.54) is 11.2 Å². The van der Waals surface area contributed by atoms with E-state index in [-0.39, 0.29) is 25.3 Å². The number of ether oxygens (including phenoxy) is 3. The van der Waals surface area contributed by atoms with Crippen molar-refractivity contribution in [2.45, 2.75) is 94.8 Å². The zero-order valence-electron chi connectivity index (χ0n) is 29.1. The van der Waals surface area contributed by atoms with Gasteiger partial charge in [0.15, 0.2) is 5.89 Å². The highest BCUT2D eigenvalue weighted by molar-refractivity contribution is 7.91. The summed E-state index contributed by atoms with van der Waals surface area (Å²) in [6.07, 6.45) is 7.46. The molecular weight excluding hydrogens is 678 g/mol. The fourth-order valence-electron chi connectivity index (χ4n) is 7.02. The van der Waals surface area contributed by atoms with Gasteiger partial charge in [0.2, 0.25) is 15.9 Å². The van der Waals surface area contributed by atoms with Crippen LogP contribution in [0.2, 0.25) is 0 Å². The van der Waals surface area contributed by atoms with Gasteiger partial charge < -0.3 is 28.8 Å². The molecular formula is C36H43N5O9S. The van der Waals surface area contributed by atoms with Crippen LogP contribution < -0.4 is 19.5 Å². The molecule has 1 aromatic carbocycles. The Hall–Kier alpha value is -4.50. The molecule has 0 spiro atoms. The second kappa shape index (κ2) is 13.6. The van der Waals surface area contributed by atoms with Gasteiger partial charge in [-0.15, -0.1) is 0 Å². The number of hydrogen-bond acceptors (Lipinski definition) is 11. The van der Waals surface area contributed by atoms with E-state index in [0.717, 1.165) is 24.8 Å². The van der Waals surface area contributed by atoms with Crippen molar-refractivity contribution in [2.24, 2.45) is 5.92 Å². The number of carbonyl (C=O) groups is 3. The maximum atomic E-state index is 14.2. The lowest BCUT2D eigenvalue weighted by Crippen LogP contribution is -2.57. The zero-order chi connectivity index (χ0) is 36.1. The van der Waals surface area contributed by atoms with Crippen LogP contribution in [0.3, 0.4) is 0 Å². The van der Waals surface area contributed by atoms with Gasteiger partial charge in [-0.1, -0.05) is 12.2 Å². The first-order chi connectivity index (χ1) is 24.4. The maximum absolute atomic E-state index is 14.2. The lowest BCUT2D eigenvalue weighted by molar-refractivity contribution is -0.147. The number of hydrogen-bond donors (Lipinski definition) is 2. The van der Waals surface area contributed by atoms with E-state index >= 15 is 0 Å². The van der Waals surface area contributed by atoms with Crippen molar-refractivity contribution < 1.29 is 41.4 Å². The number of amides is 3. The molecule has 4 aliphatic rings. The molecule has 3 aromatic rings. The molecule has 3 fully saturated rings. The number of aryl methyl sites for hydroxylation is 2. The van der Waals surface area contributed by atoms with Crippen LogP contribution in [-0.4, -0.2) is 90.3 Å². The van der Waals surface area contributed by atoms with Gasteiger partial charge in [-0.05, 0) is 64.5 Å². The number of aromatic nitrogens is 2. The maximum Gasteiger partial charge on any atom is 0.259 e. The molecule has 51 heavy (non-hydrogen) atoms. The Morgan fingerprint density at radius 3 is 2.65 bits per heavy atom. The number of pyridine rings is 1. The SMILES string of the molecule is COc1ccc2c(OC3CC4C(=O)NC5(C(=O)NS(=O)(=O)C6CC6)CC5C=CCCCCOC(C)C(=O)N4C3)cc(-c3coc(C)n3)nc2c1C. The smallest absolute Gasteiger partial charge is 0.259 e. The highest BCUT2D eigenvalue weighted by Crippen LogP contribution is 2.46. The van der Waals surface area contributed by atoms with Crippen LogP contribution in [-0.2, 0) is 29.1 Å². The normalized spacial score (nSPS) is 27.2. The third kappa shape index (κ3) is 6.93. The van der Waals surface area contributed by atoms with Crippen molar-refractivity contribution in [1.29, 1.82) is 0 Å². The van der Waals surface area contributed by atoms with Gasteiger partial charge in [0.25, 0.3) is 11.8 Å². The van der Waals surface area contributed by atoms with Crippen molar-refractivity contribution in [2.75, 3.05) is 20.3 Å². The lowest BCUT2D eigenvalue weighted by atomic mass is 10.1. The molecule has 1 saturated heterocycles. The van der Waals surface area contributed by atoms with Crippen LogP contribution in [0.15, 0.2) is 41.0 Å². The van der Waals surface area contributed by atoms with Crippen molar-refractivity contribution >= 4 is 38.6 Å². The average Bonchev–Trinajstić information content (AvgIpc) is 3.99. The van der Waals surface area contributed by atoms with Crippen LogP contribution in [0.5, 0.6) is 11.5 Å². The number of nitrogens with zero attached hydrogens (tertiary/aromatic N) is 3. The summed E-state index contributed by atoms with van der Waals surface area (Å²) in [6, 6.07) is 4.43. The number of fused-ring (bicyclic) bond motifs is 3. The second-order valence-corrected chi connectivity index (χ2v) is 15.9. The van der Waals surface area contributed by atoms with Gasteiger partial charge in [0.1, 0.15) is 47.2 Å². The Morgan fingerprint density at radius 2 is 1.92 bits per heavy atom. The first kappa shape index (κ1) is 34.9. The molecule has 2 aromatic heterocycles. The molecule has 0 bridgehead atoms. The zero-order valence-corrected chi connectivity index (χ0v) is 30.0. The van der Waals surface area contributed by atoms with E-state index < -0.39 is 56.8 Å². The van der Waals surface area contributed by atoms with E-state index in [0.29, 0.717) is 59.1 Å². The second-order valence-electron chi connectivity index (χ2n) is 13.9. The number of allylic oxidation sites excluding steroid dienone is 1. The molecule has 4 heterocycles. The first-order valence-electron chi connectivity index (χ1n) is 17.4. The van der Waals surface area contributed by atoms with Crippen molar-refractivity contribution in [3.05, 3.63) is 48.1 Å². The molecule has 272 valence electrons. The number of benzene rings is 1. The third-order valence-corrected chi connectivity index (χ3v) is 12.0. The van der Waals surface area contributed by atoms with Crippen molar-refractivity contribution in [3.8, 4) is 22.9 Å². The Morgan fingerprint density at radius 1 is 1.12 bits per heavy atom. The van der Waals surface area contributed by atoms with Crippen LogP contribution in [0.4, 0.5) is 0 Å². The number of rotatable bonds is 7. The highest BCUT2D eigenvalue weighted by atomic mass is 32.2. The number of sulfonamides is 1. The molecule has 14 nitrogen and oxygen atoms in total. The summed E-state index contributed by atoms with van der Waals surface area (Å²) in [6.45, 7) is 5.74. The predicted molar refractivity (Wildman–Crippen MR) is 185 cm³/mol. The Balaban J connectivity index is 1.21. The molecule has 5 unspecified atom stereocenters. The van der Waals surface area contributed by atoms with Crippen LogP contribution in [0.25, 0.3) is 22.3 Å². The van der Waals surface area contributed by atoms with Gasteiger partial charge in [-0.25, -0.2) is 18.4 Å². The summed E-state index contributed by atoms with van der Waals surface area (Å²) in [5.41, 5.74) is 1.00. The summed E-state index contributed by atoms with van der Waals surface area (Å²) in [7, 11) is -2.27. The predicted octanol–water partition coefficient (Wildman–Crippen LogP) is 3.49. The van der Waals surface area contributed by atoms with E-state index in [1.807, 2.05) is 31.2 Å². The fourth-order valence-corrected chi connectivity index (χ4v) is 8.39. The minimum atomic E-state index is -3.85. The number of nitrogens with one attached hydrogen (secondary N) is 2. The van der Waals surface area contributed by atoms with Crippen LogP contribution in [0, 0.1) is 19.8 Å². The summed E-state index contributed by atoms with van der Waals surface area (Å²) >= 11 is 0. The quantitative estimate of drug-likeness (QED) is 0.341. The summed E-state index contributed by atoms with van der Waals surface area (Å²) in [5, 5.41) is 2.99. The van der Waals surface area contributed by atoms with Crippen LogP contribution >= 0.6 is 0 Å². The van der Waals surface area contributed by atoms with E-state index in [1.54, 1.807) is 27.0 Å².